The van der Waals surface area contributed by atoms with E-state index in [1.807, 2.05) is 6.92 Å². The second kappa shape index (κ2) is 5.94. The molecule has 0 radical (unpaired) electrons. The van der Waals surface area contributed by atoms with Gasteiger partial charge >= 0.3 is 17.9 Å². The molecule has 7 nitrogen and oxygen atoms in total. The highest BCUT2D eigenvalue weighted by Crippen LogP contribution is 2.22. The van der Waals surface area contributed by atoms with E-state index in [2.05, 4.69) is 5.32 Å². The van der Waals surface area contributed by atoms with Gasteiger partial charge in [-0.15, -0.1) is 0 Å². The zero-order valence-corrected chi connectivity index (χ0v) is 11.9. The molecule has 1 rings (SSSR count). The second-order valence-corrected chi connectivity index (χ2v) is 5.10. The Labute approximate surface area is 116 Å². The monoisotopic (exact) mass is 285 g/mol. The quantitative estimate of drug-likeness (QED) is 0.437. The SMILES string of the molecule is CC[C@@H](C)[C@H](NC=C1C(=O)OC(C)(C)OC1=O)C(=O)O. The molecule has 20 heavy (non-hydrogen) atoms. The lowest BCUT2D eigenvalue weighted by atomic mass is 9.99. The maximum Gasteiger partial charge on any atom is 0.350 e. The van der Waals surface area contributed by atoms with Crippen LogP contribution in [0.3, 0.4) is 0 Å². The molecule has 0 aromatic rings. The Bertz CT molecular complexity index is 432. The van der Waals surface area contributed by atoms with Crippen LogP contribution in [0.15, 0.2) is 11.8 Å². The molecule has 0 aromatic carbocycles. The normalized spacial score (nSPS) is 20.5. The van der Waals surface area contributed by atoms with Crippen molar-refractivity contribution in [2.45, 2.75) is 45.9 Å². The highest BCUT2D eigenvalue weighted by molar-refractivity contribution is 6.15. The second-order valence-electron chi connectivity index (χ2n) is 5.10. The molecule has 1 aliphatic rings. The van der Waals surface area contributed by atoms with Crippen LogP contribution < -0.4 is 5.32 Å². The number of carbonyl (C=O) groups excluding carboxylic acids is 2. The van der Waals surface area contributed by atoms with E-state index in [1.165, 1.54) is 13.8 Å². The van der Waals surface area contributed by atoms with Crippen molar-refractivity contribution >= 4 is 17.9 Å². The van der Waals surface area contributed by atoms with Crippen LogP contribution in [0.1, 0.15) is 34.1 Å². The summed E-state index contributed by atoms with van der Waals surface area (Å²) >= 11 is 0. The number of carboxylic acid groups (broad SMARTS) is 1. The molecule has 1 heterocycles. The number of ether oxygens (including phenoxy) is 2. The van der Waals surface area contributed by atoms with Gasteiger partial charge in [0.1, 0.15) is 6.04 Å². The van der Waals surface area contributed by atoms with E-state index in [4.69, 9.17) is 14.6 Å². The summed E-state index contributed by atoms with van der Waals surface area (Å²) in [6.07, 6.45) is 1.68. The minimum atomic E-state index is -1.31. The molecule has 7 heteroatoms. The van der Waals surface area contributed by atoms with E-state index in [1.54, 1.807) is 6.92 Å². The lowest BCUT2D eigenvalue weighted by molar-refractivity contribution is -0.222. The van der Waals surface area contributed by atoms with Gasteiger partial charge in [0.25, 0.3) is 5.79 Å². The van der Waals surface area contributed by atoms with E-state index >= 15 is 0 Å². The minimum absolute atomic E-state index is 0.170. The predicted octanol–water partition coefficient (Wildman–Crippen LogP) is 0.795. The van der Waals surface area contributed by atoms with Crippen molar-refractivity contribution in [1.29, 1.82) is 0 Å². The summed E-state index contributed by atoms with van der Waals surface area (Å²) in [5.41, 5.74) is -0.348. The van der Waals surface area contributed by atoms with Crippen LogP contribution in [0, 0.1) is 5.92 Å². The van der Waals surface area contributed by atoms with Gasteiger partial charge in [-0.3, -0.25) is 0 Å². The molecular weight excluding hydrogens is 266 g/mol. The first-order chi connectivity index (χ1) is 9.18. The Hall–Kier alpha value is -2.05. The number of hydrogen-bond donors (Lipinski definition) is 2. The third-order valence-corrected chi connectivity index (χ3v) is 3.00. The summed E-state index contributed by atoms with van der Waals surface area (Å²) in [6.45, 7) is 6.48. The van der Waals surface area contributed by atoms with Gasteiger partial charge < -0.3 is 19.9 Å². The summed E-state index contributed by atoms with van der Waals surface area (Å²) in [6, 6.07) is -0.900. The Balaban J connectivity index is 2.86. The fraction of sp³-hybridized carbons (Fsp3) is 0.615. The zero-order chi connectivity index (χ0) is 15.5. The Morgan fingerprint density at radius 3 is 2.25 bits per heavy atom. The minimum Gasteiger partial charge on any atom is -0.480 e. The number of aliphatic carboxylic acids is 1. The van der Waals surface area contributed by atoms with Crippen molar-refractivity contribution in [3.05, 3.63) is 11.8 Å². The van der Waals surface area contributed by atoms with Crippen molar-refractivity contribution in [3.8, 4) is 0 Å². The molecule has 0 amide bonds. The first kappa shape index (κ1) is 16.0. The highest BCUT2D eigenvalue weighted by atomic mass is 16.7. The summed E-state index contributed by atoms with van der Waals surface area (Å²) in [4.78, 5) is 34.4. The zero-order valence-electron chi connectivity index (χ0n) is 11.9. The predicted molar refractivity (Wildman–Crippen MR) is 68.4 cm³/mol. The fourth-order valence-electron chi connectivity index (χ4n) is 1.67. The summed E-state index contributed by atoms with van der Waals surface area (Å²) in [5, 5.41) is 11.7. The number of carboxylic acids is 1. The molecule has 1 aliphatic heterocycles. The van der Waals surface area contributed by atoms with Crippen molar-refractivity contribution < 1.29 is 29.0 Å². The number of carbonyl (C=O) groups is 3. The van der Waals surface area contributed by atoms with Gasteiger partial charge in [0.2, 0.25) is 0 Å². The third-order valence-electron chi connectivity index (χ3n) is 3.00. The number of nitrogens with one attached hydrogen (secondary N) is 1. The molecule has 1 fully saturated rings. The first-order valence-electron chi connectivity index (χ1n) is 6.33. The standard InChI is InChI=1S/C13H19NO6/c1-5-7(2)9(10(15)16)14-6-8-11(17)19-13(3,4)20-12(8)18/h6-7,9,14H,5H2,1-4H3,(H,15,16)/t7-,9+/m1/s1. The topological polar surface area (TPSA) is 102 Å². The highest BCUT2D eigenvalue weighted by Gasteiger charge is 2.39. The lowest BCUT2D eigenvalue weighted by Crippen LogP contribution is -2.44. The van der Waals surface area contributed by atoms with Gasteiger partial charge in [0.05, 0.1) is 0 Å². The molecular formula is C13H19NO6. The Kier molecular flexibility index (Phi) is 4.75. The molecule has 2 atom stereocenters. The average Bonchev–Trinajstić information content (AvgIpc) is 2.30. The number of rotatable bonds is 5. The number of cyclic esters (lactones) is 2. The third kappa shape index (κ3) is 3.72. The van der Waals surface area contributed by atoms with Crippen LogP contribution in [0.2, 0.25) is 0 Å². The Morgan fingerprint density at radius 1 is 1.35 bits per heavy atom. The van der Waals surface area contributed by atoms with Crippen molar-refractivity contribution in [3.63, 3.8) is 0 Å². The van der Waals surface area contributed by atoms with Crippen LogP contribution in [-0.2, 0) is 23.9 Å². The van der Waals surface area contributed by atoms with Crippen LogP contribution in [-0.4, -0.2) is 34.8 Å². The van der Waals surface area contributed by atoms with Crippen molar-refractivity contribution in [2.24, 2.45) is 5.92 Å². The molecule has 2 N–H and O–H groups in total. The van der Waals surface area contributed by atoms with E-state index < -0.39 is 29.7 Å². The van der Waals surface area contributed by atoms with E-state index in [9.17, 15) is 14.4 Å². The molecule has 0 saturated carbocycles. The van der Waals surface area contributed by atoms with E-state index in [0.29, 0.717) is 6.42 Å². The lowest BCUT2D eigenvalue weighted by Gasteiger charge is -2.30. The van der Waals surface area contributed by atoms with E-state index in [0.717, 1.165) is 6.20 Å². The van der Waals surface area contributed by atoms with Crippen LogP contribution >= 0.6 is 0 Å². The first-order valence-corrected chi connectivity index (χ1v) is 6.33. The van der Waals surface area contributed by atoms with Crippen molar-refractivity contribution in [1.82, 2.24) is 5.32 Å². The van der Waals surface area contributed by atoms with Gasteiger partial charge in [0.15, 0.2) is 5.57 Å². The van der Waals surface area contributed by atoms with Gasteiger partial charge in [-0.1, -0.05) is 20.3 Å². The molecule has 0 aromatic heterocycles. The number of esters is 2. The molecule has 0 unspecified atom stereocenters. The summed E-state index contributed by atoms with van der Waals surface area (Å²) in [7, 11) is 0. The van der Waals surface area contributed by atoms with Gasteiger partial charge in [-0.25, -0.2) is 14.4 Å². The van der Waals surface area contributed by atoms with Gasteiger partial charge in [0, 0.05) is 20.0 Å². The van der Waals surface area contributed by atoms with Crippen LogP contribution in [0.4, 0.5) is 0 Å². The summed E-state index contributed by atoms with van der Waals surface area (Å²) in [5.74, 6) is -4.22. The average molecular weight is 285 g/mol. The largest absolute Gasteiger partial charge is 0.480 e. The number of hydrogen-bond acceptors (Lipinski definition) is 6. The molecule has 0 aliphatic carbocycles. The van der Waals surface area contributed by atoms with Gasteiger partial charge in [-0.05, 0) is 5.92 Å². The summed E-state index contributed by atoms with van der Waals surface area (Å²) < 4.78 is 9.80. The molecule has 0 spiro atoms. The molecule has 1 saturated heterocycles. The Morgan fingerprint density at radius 2 is 1.85 bits per heavy atom. The fourth-order valence-corrected chi connectivity index (χ4v) is 1.67. The van der Waals surface area contributed by atoms with Crippen molar-refractivity contribution in [2.75, 3.05) is 0 Å². The smallest absolute Gasteiger partial charge is 0.350 e. The molecule has 112 valence electrons. The maximum absolute atomic E-state index is 11.7. The maximum atomic E-state index is 11.7. The van der Waals surface area contributed by atoms with E-state index in [-0.39, 0.29) is 11.5 Å². The van der Waals surface area contributed by atoms with Crippen LogP contribution in [0.5, 0.6) is 0 Å². The van der Waals surface area contributed by atoms with Gasteiger partial charge in [-0.2, -0.15) is 0 Å². The van der Waals surface area contributed by atoms with Crippen LogP contribution in [0.25, 0.3) is 0 Å². The molecule has 0 bridgehead atoms.